The molecule has 4 heteroatoms. The molecule has 0 saturated carbocycles. The van der Waals surface area contributed by atoms with Crippen molar-refractivity contribution in [3.63, 3.8) is 0 Å². The molecular weight excluding hydrogens is 180 g/mol. The van der Waals surface area contributed by atoms with Gasteiger partial charge in [-0.25, -0.2) is 0 Å². The summed E-state index contributed by atoms with van der Waals surface area (Å²) in [6, 6.07) is -0.114. The molecule has 0 aromatic heterocycles. The molecule has 4 nitrogen and oxygen atoms in total. The summed E-state index contributed by atoms with van der Waals surface area (Å²) in [6.07, 6.45) is 1.65. The minimum atomic E-state index is -0.328. The van der Waals surface area contributed by atoms with Crippen LogP contribution in [0.3, 0.4) is 0 Å². The number of amides is 1. The zero-order chi connectivity index (χ0) is 10.8. The molecular formula is C10H20N2O2. The van der Waals surface area contributed by atoms with Gasteiger partial charge in [0.05, 0.1) is 12.6 Å². The lowest BCUT2D eigenvalue weighted by Crippen LogP contribution is -2.52. The van der Waals surface area contributed by atoms with Crippen molar-refractivity contribution >= 4 is 5.91 Å². The molecule has 0 aliphatic carbocycles. The normalized spacial score (nSPS) is 26.7. The highest BCUT2D eigenvalue weighted by Gasteiger charge is 2.34. The minimum Gasteiger partial charge on any atom is -0.394 e. The standard InChI is InChI=1S/C10H20N2O2/c1-4-10(2,7-13)11-8-5-6-12(3)9(8)14/h8,11,13H,4-7H2,1-3H3. The van der Waals surface area contributed by atoms with Crippen LogP contribution in [0, 0.1) is 0 Å². The van der Waals surface area contributed by atoms with Gasteiger partial charge < -0.3 is 10.0 Å². The van der Waals surface area contributed by atoms with Crippen molar-refractivity contribution in [2.24, 2.45) is 0 Å². The maximum atomic E-state index is 11.6. The van der Waals surface area contributed by atoms with Crippen LogP contribution in [-0.4, -0.2) is 47.7 Å². The topological polar surface area (TPSA) is 52.6 Å². The summed E-state index contributed by atoms with van der Waals surface area (Å²) in [6.45, 7) is 4.82. The Hall–Kier alpha value is -0.610. The lowest BCUT2D eigenvalue weighted by atomic mass is 9.98. The van der Waals surface area contributed by atoms with E-state index in [1.54, 1.807) is 4.90 Å². The van der Waals surface area contributed by atoms with Crippen LogP contribution in [0.4, 0.5) is 0 Å². The van der Waals surface area contributed by atoms with E-state index in [1.807, 2.05) is 20.9 Å². The molecule has 1 rings (SSSR count). The number of hydrogen-bond donors (Lipinski definition) is 2. The quantitative estimate of drug-likeness (QED) is 0.670. The summed E-state index contributed by atoms with van der Waals surface area (Å²) in [5.41, 5.74) is -0.328. The first-order valence-corrected chi connectivity index (χ1v) is 5.16. The second-order valence-electron chi connectivity index (χ2n) is 4.32. The fraction of sp³-hybridized carbons (Fsp3) is 0.900. The summed E-state index contributed by atoms with van der Waals surface area (Å²) in [7, 11) is 1.81. The average Bonchev–Trinajstić information content (AvgIpc) is 2.49. The number of nitrogens with zero attached hydrogens (tertiary/aromatic N) is 1. The van der Waals surface area contributed by atoms with Crippen molar-refractivity contribution in [1.29, 1.82) is 0 Å². The van der Waals surface area contributed by atoms with Gasteiger partial charge in [-0.1, -0.05) is 6.92 Å². The molecule has 1 saturated heterocycles. The maximum Gasteiger partial charge on any atom is 0.239 e. The van der Waals surface area contributed by atoms with Gasteiger partial charge in [-0.05, 0) is 19.8 Å². The fourth-order valence-corrected chi connectivity index (χ4v) is 1.64. The van der Waals surface area contributed by atoms with Crippen LogP contribution >= 0.6 is 0 Å². The third kappa shape index (κ3) is 2.25. The first-order valence-electron chi connectivity index (χ1n) is 5.16. The Labute approximate surface area is 85.3 Å². The molecule has 0 radical (unpaired) electrons. The third-order valence-corrected chi connectivity index (χ3v) is 3.08. The highest BCUT2D eigenvalue weighted by Crippen LogP contribution is 2.15. The molecule has 82 valence electrons. The van der Waals surface area contributed by atoms with E-state index in [-0.39, 0.29) is 24.1 Å². The van der Waals surface area contributed by atoms with E-state index >= 15 is 0 Å². The summed E-state index contributed by atoms with van der Waals surface area (Å²) in [5.74, 6) is 0.137. The molecule has 1 aliphatic rings. The van der Waals surface area contributed by atoms with E-state index in [2.05, 4.69) is 5.32 Å². The number of hydrogen-bond acceptors (Lipinski definition) is 3. The fourth-order valence-electron chi connectivity index (χ4n) is 1.64. The lowest BCUT2D eigenvalue weighted by Gasteiger charge is -2.30. The van der Waals surface area contributed by atoms with Gasteiger partial charge in [-0.2, -0.15) is 0 Å². The Morgan fingerprint density at radius 2 is 2.36 bits per heavy atom. The number of nitrogens with one attached hydrogen (secondary N) is 1. The van der Waals surface area contributed by atoms with Crippen molar-refractivity contribution in [2.45, 2.75) is 38.3 Å². The summed E-state index contributed by atoms with van der Waals surface area (Å²) in [4.78, 5) is 13.3. The molecule has 1 aliphatic heterocycles. The van der Waals surface area contributed by atoms with E-state index in [1.165, 1.54) is 0 Å². The number of aliphatic hydroxyl groups excluding tert-OH is 1. The number of likely N-dealkylation sites (tertiary alicyclic amines) is 1. The van der Waals surface area contributed by atoms with Gasteiger partial charge in [-0.15, -0.1) is 0 Å². The molecule has 1 heterocycles. The van der Waals surface area contributed by atoms with Crippen molar-refractivity contribution in [3.8, 4) is 0 Å². The van der Waals surface area contributed by atoms with Gasteiger partial charge in [0, 0.05) is 19.1 Å². The molecule has 0 bridgehead atoms. The lowest BCUT2D eigenvalue weighted by molar-refractivity contribution is -0.128. The highest BCUT2D eigenvalue weighted by molar-refractivity contribution is 5.83. The zero-order valence-corrected chi connectivity index (χ0v) is 9.21. The van der Waals surface area contributed by atoms with Gasteiger partial charge >= 0.3 is 0 Å². The van der Waals surface area contributed by atoms with Crippen LogP contribution < -0.4 is 5.32 Å². The van der Waals surface area contributed by atoms with Crippen LogP contribution in [0.5, 0.6) is 0 Å². The molecule has 0 aromatic rings. The highest BCUT2D eigenvalue weighted by atomic mass is 16.3. The van der Waals surface area contributed by atoms with Crippen molar-refractivity contribution in [3.05, 3.63) is 0 Å². The van der Waals surface area contributed by atoms with Gasteiger partial charge in [0.15, 0.2) is 0 Å². The third-order valence-electron chi connectivity index (χ3n) is 3.08. The van der Waals surface area contributed by atoms with Crippen LogP contribution in [0.1, 0.15) is 26.7 Å². The summed E-state index contributed by atoms with van der Waals surface area (Å²) >= 11 is 0. The number of carbonyl (C=O) groups is 1. The molecule has 1 fully saturated rings. The average molecular weight is 200 g/mol. The molecule has 1 amide bonds. The SMILES string of the molecule is CCC(C)(CO)NC1CCN(C)C1=O. The first-order chi connectivity index (χ1) is 6.52. The predicted octanol–water partition coefficient (Wildman–Crippen LogP) is -0.0323. The van der Waals surface area contributed by atoms with Gasteiger partial charge in [-0.3, -0.25) is 10.1 Å². The minimum absolute atomic E-state index is 0.0665. The van der Waals surface area contributed by atoms with Crippen molar-refractivity contribution < 1.29 is 9.90 Å². The van der Waals surface area contributed by atoms with Crippen LogP contribution in [0.2, 0.25) is 0 Å². The maximum absolute atomic E-state index is 11.6. The van der Waals surface area contributed by atoms with Crippen LogP contribution in [0.25, 0.3) is 0 Å². The molecule has 2 unspecified atom stereocenters. The Kier molecular flexibility index (Phi) is 3.50. The number of likely N-dealkylation sites (N-methyl/N-ethyl adjacent to an activating group) is 1. The van der Waals surface area contributed by atoms with Gasteiger partial charge in [0.2, 0.25) is 5.91 Å². The molecule has 0 spiro atoms. The smallest absolute Gasteiger partial charge is 0.239 e. The van der Waals surface area contributed by atoms with E-state index in [0.717, 1.165) is 19.4 Å². The second-order valence-corrected chi connectivity index (χ2v) is 4.32. The van der Waals surface area contributed by atoms with E-state index in [0.29, 0.717) is 0 Å². The van der Waals surface area contributed by atoms with Crippen molar-refractivity contribution in [2.75, 3.05) is 20.2 Å². The van der Waals surface area contributed by atoms with Crippen LogP contribution in [0.15, 0.2) is 0 Å². The van der Waals surface area contributed by atoms with Crippen molar-refractivity contribution in [1.82, 2.24) is 10.2 Å². The zero-order valence-electron chi connectivity index (χ0n) is 9.21. The largest absolute Gasteiger partial charge is 0.394 e. The Morgan fingerprint density at radius 3 is 2.71 bits per heavy atom. The molecule has 14 heavy (non-hydrogen) atoms. The van der Waals surface area contributed by atoms with E-state index in [4.69, 9.17) is 0 Å². The molecule has 2 N–H and O–H groups in total. The monoisotopic (exact) mass is 200 g/mol. The molecule has 0 aromatic carbocycles. The van der Waals surface area contributed by atoms with Gasteiger partial charge in [0.25, 0.3) is 0 Å². The predicted molar refractivity (Wildman–Crippen MR) is 55.0 cm³/mol. The first kappa shape index (κ1) is 11.5. The van der Waals surface area contributed by atoms with E-state index < -0.39 is 0 Å². The Morgan fingerprint density at radius 1 is 1.71 bits per heavy atom. The Bertz CT molecular complexity index is 214. The summed E-state index contributed by atoms with van der Waals surface area (Å²) < 4.78 is 0. The Balaban J connectivity index is 2.56. The number of aliphatic hydroxyl groups is 1. The number of rotatable bonds is 4. The number of carbonyl (C=O) groups excluding carboxylic acids is 1. The summed E-state index contributed by atoms with van der Waals surface area (Å²) in [5, 5.41) is 12.4. The molecule has 2 atom stereocenters. The van der Waals surface area contributed by atoms with Crippen LogP contribution in [-0.2, 0) is 4.79 Å². The second kappa shape index (κ2) is 4.28. The van der Waals surface area contributed by atoms with Gasteiger partial charge in [0.1, 0.15) is 0 Å². The van der Waals surface area contributed by atoms with E-state index in [9.17, 15) is 9.90 Å².